The molecule has 0 saturated heterocycles. The molecule has 3 nitrogen and oxygen atoms in total. The van der Waals surface area contributed by atoms with E-state index in [1.807, 2.05) is 0 Å². The Bertz CT molecular complexity index is 601. The van der Waals surface area contributed by atoms with E-state index in [0.717, 1.165) is 12.1 Å². The zero-order valence-corrected chi connectivity index (χ0v) is 8.85. The minimum Gasteiger partial charge on any atom is -0.381 e. The highest BCUT2D eigenvalue weighted by atomic mass is 19.1. The number of rotatable bonds is 2. The van der Waals surface area contributed by atoms with Gasteiger partial charge in [-0.05, 0) is 12.1 Å². The summed E-state index contributed by atoms with van der Waals surface area (Å²) in [5, 5.41) is 2.26. The predicted molar refractivity (Wildman–Crippen MR) is 58.2 cm³/mol. The number of anilines is 3. The Morgan fingerprint density at radius 2 is 1.67 bits per heavy atom. The highest BCUT2D eigenvalue weighted by molar-refractivity contribution is 5.59. The second-order valence-corrected chi connectivity index (χ2v) is 3.44. The summed E-state index contributed by atoms with van der Waals surface area (Å²) < 4.78 is 52.1. The third-order valence-corrected chi connectivity index (χ3v) is 2.14. The molecule has 0 bridgehead atoms. The van der Waals surface area contributed by atoms with Crippen LogP contribution in [0, 0.1) is 23.3 Å². The topological polar surface area (TPSA) is 50.9 Å². The lowest BCUT2D eigenvalue weighted by atomic mass is 10.3. The quantitative estimate of drug-likeness (QED) is 0.813. The molecule has 0 amide bonds. The standard InChI is InChI=1S/C11H7F4N3/c12-5-1-2-9(6(13)3-5)17-11-8(15)4-7(14)10(16)18-11/h1-4H,(H3,16,17,18). The highest BCUT2D eigenvalue weighted by Gasteiger charge is 2.12. The smallest absolute Gasteiger partial charge is 0.169 e. The van der Waals surface area contributed by atoms with Crippen molar-refractivity contribution >= 4 is 17.3 Å². The fraction of sp³-hybridized carbons (Fsp3) is 0. The number of pyridine rings is 1. The van der Waals surface area contributed by atoms with Crippen LogP contribution in [-0.4, -0.2) is 4.98 Å². The van der Waals surface area contributed by atoms with Crippen molar-refractivity contribution in [3.05, 3.63) is 47.5 Å². The Balaban J connectivity index is 2.37. The summed E-state index contributed by atoms with van der Waals surface area (Å²) >= 11 is 0. The molecule has 0 aliphatic carbocycles. The molecule has 0 unspecified atom stereocenters. The molecule has 94 valence electrons. The van der Waals surface area contributed by atoms with Crippen molar-refractivity contribution < 1.29 is 17.6 Å². The second-order valence-electron chi connectivity index (χ2n) is 3.44. The molecule has 3 N–H and O–H groups in total. The first kappa shape index (κ1) is 12.2. The SMILES string of the molecule is Nc1nc(Nc2ccc(F)cc2F)c(F)cc1F. The van der Waals surface area contributed by atoms with Crippen LogP contribution in [0.25, 0.3) is 0 Å². The number of nitrogen functional groups attached to an aromatic ring is 1. The van der Waals surface area contributed by atoms with Crippen LogP contribution >= 0.6 is 0 Å². The zero-order valence-electron chi connectivity index (χ0n) is 8.85. The number of nitrogens with zero attached hydrogens (tertiary/aromatic N) is 1. The lowest BCUT2D eigenvalue weighted by Crippen LogP contribution is -2.04. The third-order valence-electron chi connectivity index (χ3n) is 2.14. The number of halogens is 4. The maximum Gasteiger partial charge on any atom is 0.169 e. The van der Waals surface area contributed by atoms with Gasteiger partial charge in [0.2, 0.25) is 0 Å². The van der Waals surface area contributed by atoms with Gasteiger partial charge in [0.25, 0.3) is 0 Å². The van der Waals surface area contributed by atoms with Gasteiger partial charge < -0.3 is 11.1 Å². The minimum atomic E-state index is -1.04. The minimum absolute atomic E-state index is 0.200. The Kier molecular flexibility index (Phi) is 3.05. The molecule has 0 aliphatic heterocycles. The highest BCUT2D eigenvalue weighted by Crippen LogP contribution is 2.23. The van der Waals surface area contributed by atoms with Crippen LogP contribution in [0.4, 0.5) is 34.9 Å². The number of aromatic nitrogens is 1. The lowest BCUT2D eigenvalue weighted by Gasteiger charge is -2.08. The summed E-state index contributed by atoms with van der Waals surface area (Å²) in [5.41, 5.74) is 4.96. The van der Waals surface area contributed by atoms with E-state index >= 15 is 0 Å². The van der Waals surface area contributed by atoms with Gasteiger partial charge in [-0.2, -0.15) is 0 Å². The van der Waals surface area contributed by atoms with Crippen LogP contribution in [0.5, 0.6) is 0 Å². The van der Waals surface area contributed by atoms with Crippen LogP contribution < -0.4 is 11.1 Å². The van der Waals surface area contributed by atoms with Crippen molar-refractivity contribution in [3.8, 4) is 0 Å². The summed E-state index contributed by atoms with van der Waals surface area (Å²) in [6.07, 6.45) is 0. The number of benzene rings is 1. The van der Waals surface area contributed by atoms with Crippen molar-refractivity contribution in [2.24, 2.45) is 0 Å². The maximum absolute atomic E-state index is 13.3. The Morgan fingerprint density at radius 3 is 2.33 bits per heavy atom. The molecule has 0 aliphatic rings. The van der Waals surface area contributed by atoms with Crippen molar-refractivity contribution in [1.29, 1.82) is 0 Å². The first-order valence-corrected chi connectivity index (χ1v) is 4.81. The van der Waals surface area contributed by atoms with E-state index in [9.17, 15) is 17.6 Å². The average molecular weight is 257 g/mol. The van der Waals surface area contributed by atoms with E-state index in [0.29, 0.717) is 12.1 Å². The zero-order chi connectivity index (χ0) is 13.3. The summed E-state index contributed by atoms with van der Waals surface area (Å²) in [6, 6.07) is 3.18. The molecule has 0 atom stereocenters. The van der Waals surface area contributed by atoms with Gasteiger partial charge in [-0.1, -0.05) is 0 Å². The molecule has 1 aromatic heterocycles. The van der Waals surface area contributed by atoms with E-state index < -0.39 is 34.9 Å². The van der Waals surface area contributed by atoms with Gasteiger partial charge >= 0.3 is 0 Å². The third kappa shape index (κ3) is 2.34. The molecular formula is C11H7F4N3. The van der Waals surface area contributed by atoms with E-state index in [1.54, 1.807) is 0 Å². The molecule has 1 heterocycles. The van der Waals surface area contributed by atoms with Crippen molar-refractivity contribution in [2.75, 3.05) is 11.1 Å². The van der Waals surface area contributed by atoms with Gasteiger partial charge in [0.05, 0.1) is 5.69 Å². The molecule has 0 radical (unpaired) electrons. The van der Waals surface area contributed by atoms with Crippen LogP contribution in [0.3, 0.4) is 0 Å². The van der Waals surface area contributed by atoms with E-state index in [2.05, 4.69) is 10.3 Å². The van der Waals surface area contributed by atoms with E-state index in [1.165, 1.54) is 0 Å². The van der Waals surface area contributed by atoms with Crippen LogP contribution in [0.15, 0.2) is 24.3 Å². The molecule has 2 rings (SSSR count). The summed E-state index contributed by atoms with van der Waals surface area (Å²) in [4.78, 5) is 3.39. The molecule has 0 saturated carbocycles. The van der Waals surface area contributed by atoms with Gasteiger partial charge in [0.15, 0.2) is 23.3 Å². The largest absolute Gasteiger partial charge is 0.381 e. The fourth-order valence-corrected chi connectivity index (χ4v) is 1.29. The van der Waals surface area contributed by atoms with Crippen LogP contribution in [0.1, 0.15) is 0 Å². The van der Waals surface area contributed by atoms with Gasteiger partial charge in [0.1, 0.15) is 11.6 Å². The first-order chi connectivity index (χ1) is 8.47. The van der Waals surface area contributed by atoms with E-state index in [4.69, 9.17) is 5.73 Å². The van der Waals surface area contributed by atoms with Gasteiger partial charge in [-0.3, -0.25) is 0 Å². The number of hydrogen-bond acceptors (Lipinski definition) is 3. The maximum atomic E-state index is 13.3. The summed E-state index contributed by atoms with van der Waals surface area (Å²) in [6.45, 7) is 0. The normalized spacial score (nSPS) is 10.4. The second kappa shape index (κ2) is 4.52. The molecule has 18 heavy (non-hydrogen) atoms. The molecule has 1 aromatic carbocycles. The molecular weight excluding hydrogens is 250 g/mol. The Labute approximate surface area is 99.3 Å². The summed E-state index contributed by atoms with van der Waals surface area (Å²) in [5.74, 6) is -4.73. The molecule has 0 spiro atoms. The molecule has 0 fully saturated rings. The van der Waals surface area contributed by atoms with E-state index in [-0.39, 0.29) is 5.69 Å². The van der Waals surface area contributed by atoms with Crippen molar-refractivity contribution in [2.45, 2.75) is 0 Å². The van der Waals surface area contributed by atoms with Crippen LogP contribution in [0.2, 0.25) is 0 Å². The van der Waals surface area contributed by atoms with Gasteiger partial charge in [-0.25, -0.2) is 22.5 Å². The van der Waals surface area contributed by atoms with Crippen molar-refractivity contribution in [1.82, 2.24) is 4.98 Å². The Morgan fingerprint density at radius 1 is 0.944 bits per heavy atom. The van der Waals surface area contributed by atoms with Crippen LogP contribution in [-0.2, 0) is 0 Å². The van der Waals surface area contributed by atoms with Gasteiger partial charge in [-0.15, -0.1) is 0 Å². The number of nitrogens with one attached hydrogen (secondary N) is 1. The molecule has 7 heteroatoms. The number of hydrogen-bond donors (Lipinski definition) is 2. The first-order valence-electron chi connectivity index (χ1n) is 4.81. The summed E-state index contributed by atoms with van der Waals surface area (Å²) in [7, 11) is 0. The van der Waals surface area contributed by atoms with Gasteiger partial charge in [0, 0.05) is 12.1 Å². The number of nitrogens with two attached hydrogens (primary N) is 1. The monoisotopic (exact) mass is 257 g/mol. The average Bonchev–Trinajstić information content (AvgIpc) is 2.29. The molecule has 2 aromatic rings. The fourth-order valence-electron chi connectivity index (χ4n) is 1.29. The van der Waals surface area contributed by atoms with Crippen molar-refractivity contribution in [3.63, 3.8) is 0 Å². The lowest BCUT2D eigenvalue weighted by molar-refractivity contribution is 0.578. The predicted octanol–water partition coefficient (Wildman–Crippen LogP) is 2.96. The Hall–Kier alpha value is -2.31.